The number of nitrogens with one attached hydrogen (secondary N) is 1. The van der Waals surface area contributed by atoms with E-state index in [0.717, 1.165) is 12.3 Å². The molecule has 0 unspecified atom stereocenters. The summed E-state index contributed by atoms with van der Waals surface area (Å²) in [5.74, 6) is -0.922. The minimum absolute atomic E-state index is 0.182. The number of sulfonamides is 1. The van der Waals surface area contributed by atoms with Gasteiger partial charge in [-0.1, -0.05) is 0 Å². The number of nitrogens with zero attached hydrogens (tertiary/aromatic N) is 2. The van der Waals surface area contributed by atoms with Crippen LogP contribution in [-0.4, -0.2) is 72.7 Å². The summed E-state index contributed by atoms with van der Waals surface area (Å²) < 4.78 is 24.9. The van der Waals surface area contributed by atoms with Gasteiger partial charge in [0.1, 0.15) is 11.5 Å². The van der Waals surface area contributed by atoms with Crippen molar-refractivity contribution in [2.75, 3.05) is 37.2 Å². The molecule has 30 heavy (non-hydrogen) atoms. The molecule has 160 valence electrons. The molecule has 0 aliphatic carbocycles. The molecule has 0 saturated carbocycles. The monoisotopic (exact) mass is 433 g/mol. The van der Waals surface area contributed by atoms with Crippen LogP contribution >= 0.6 is 0 Å². The van der Waals surface area contributed by atoms with Crippen LogP contribution in [0, 0.1) is 0 Å². The molecule has 3 N–H and O–H groups in total. The molecule has 9 nitrogen and oxygen atoms in total. The minimum Gasteiger partial charge on any atom is -0.508 e. The van der Waals surface area contributed by atoms with Crippen LogP contribution < -0.4 is 4.72 Å². The van der Waals surface area contributed by atoms with Crippen LogP contribution in [0.4, 0.5) is 5.69 Å². The number of amides is 2. The van der Waals surface area contributed by atoms with Crippen LogP contribution in [0.2, 0.25) is 0 Å². The lowest BCUT2D eigenvalue weighted by Gasteiger charge is -2.22. The van der Waals surface area contributed by atoms with Gasteiger partial charge in [0.15, 0.2) is 0 Å². The number of rotatable bonds is 4. The fourth-order valence-electron chi connectivity index (χ4n) is 3.30. The molecule has 0 aromatic heterocycles. The summed E-state index contributed by atoms with van der Waals surface area (Å²) in [5.41, 5.74) is 0.976. The molecule has 2 aromatic rings. The molecule has 1 saturated heterocycles. The van der Waals surface area contributed by atoms with Gasteiger partial charge >= 0.3 is 0 Å². The summed E-state index contributed by atoms with van der Waals surface area (Å²) in [4.78, 5) is 28.7. The van der Waals surface area contributed by atoms with Gasteiger partial charge < -0.3 is 20.0 Å². The Hall–Kier alpha value is -3.27. The van der Waals surface area contributed by atoms with Crippen LogP contribution in [0.1, 0.15) is 27.1 Å². The lowest BCUT2D eigenvalue weighted by Crippen LogP contribution is -2.37. The maximum atomic E-state index is 12.8. The second-order valence-electron chi connectivity index (χ2n) is 7.13. The zero-order valence-electron chi connectivity index (χ0n) is 16.4. The van der Waals surface area contributed by atoms with Gasteiger partial charge in [-0.2, -0.15) is 0 Å². The van der Waals surface area contributed by atoms with Gasteiger partial charge in [-0.3, -0.25) is 14.3 Å². The van der Waals surface area contributed by atoms with E-state index < -0.39 is 10.0 Å². The van der Waals surface area contributed by atoms with Crippen LogP contribution in [0.3, 0.4) is 0 Å². The fourth-order valence-corrected chi connectivity index (χ4v) is 3.87. The third-order valence-electron chi connectivity index (χ3n) is 4.65. The Bertz CT molecular complexity index is 1030. The smallest absolute Gasteiger partial charge is 0.254 e. The van der Waals surface area contributed by atoms with Crippen molar-refractivity contribution in [2.45, 2.75) is 6.42 Å². The molecule has 0 atom stereocenters. The van der Waals surface area contributed by atoms with Crippen molar-refractivity contribution >= 4 is 27.5 Å². The van der Waals surface area contributed by atoms with E-state index >= 15 is 0 Å². The topological polar surface area (TPSA) is 127 Å². The van der Waals surface area contributed by atoms with Crippen molar-refractivity contribution in [3.05, 3.63) is 53.6 Å². The molecule has 1 aliphatic heterocycles. The predicted octanol–water partition coefficient (Wildman–Crippen LogP) is 1.46. The Morgan fingerprint density at radius 1 is 0.833 bits per heavy atom. The first-order valence-corrected chi connectivity index (χ1v) is 11.2. The van der Waals surface area contributed by atoms with Crippen molar-refractivity contribution in [3.8, 4) is 11.5 Å². The van der Waals surface area contributed by atoms with Crippen LogP contribution in [0.5, 0.6) is 11.5 Å². The average Bonchev–Trinajstić information content (AvgIpc) is 2.91. The lowest BCUT2D eigenvalue weighted by atomic mass is 10.1. The number of carbonyl (C=O) groups excluding carboxylic acids is 2. The largest absolute Gasteiger partial charge is 0.508 e. The van der Waals surface area contributed by atoms with Crippen molar-refractivity contribution in [1.82, 2.24) is 9.80 Å². The van der Waals surface area contributed by atoms with Gasteiger partial charge in [0.2, 0.25) is 10.0 Å². The second kappa shape index (κ2) is 8.62. The van der Waals surface area contributed by atoms with E-state index in [0.29, 0.717) is 43.9 Å². The molecule has 1 fully saturated rings. The molecule has 10 heteroatoms. The molecule has 2 amide bonds. The first kappa shape index (κ1) is 21.4. The fraction of sp³-hybridized carbons (Fsp3) is 0.300. The number of benzene rings is 2. The SMILES string of the molecule is CS(=O)(=O)Nc1ccc(C(=O)N2CCCN(C(=O)c3cc(O)cc(O)c3)CC2)cc1. The highest BCUT2D eigenvalue weighted by atomic mass is 32.2. The Kier molecular flexibility index (Phi) is 6.16. The maximum absolute atomic E-state index is 12.8. The van der Waals surface area contributed by atoms with Crippen LogP contribution in [0.15, 0.2) is 42.5 Å². The molecule has 1 aliphatic rings. The Morgan fingerprint density at radius 2 is 1.33 bits per heavy atom. The highest BCUT2D eigenvalue weighted by molar-refractivity contribution is 7.92. The molecule has 2 aromatic carbocycles. The van der Waals surface area contributed by atoms with E-state index in [1.165, 1.54) is 24.3 Å². The van der Waals surface area contributed by atoms with Crippen molar-refractivity contribution < 1.29 is 28.2 Å². The summed E-state index contributed by atoms with van der Waals surface area (Å²) in [5, 5.41) is 19.2. The summed E-state index contributed by atoms with van der Waals surface area (Å²) in [7, 11) is -3.39. The number of hydrogen-bond acceptors (Lipinski definition) is 6. The molecule has 0 spiro atoms. The van der Waals surface area contributed by atoms with Gasteiger partial charge in [0.05, 0.1) is 6.26 Å². The van der Waals surface area contributed by atoms with Gasteiger partial charge in [0.25, 0.3) is 11.8 Å². The third kappa shape index (κ3) is 5.41. The second-order valence-corrected chi connectivity index (χ2v) is 8.88. The van der Waals surface area contributed by atoms with Gasteiger partial charge in [-0.25, -0.2) is 8.42 Å². The number of carbonyl (C=O) groups is 2. The predicted molar refractivity (Wildman–Crippen MR) is 111 cm³/mol. The number of phenolic OH excluding ortho intramolecular Hbond substituents is 2. The summed E-state index contributed by atoms with van der Waals surface area (Å²) in [6.45, 7) is 1.56. The first-order chi connectivity index (χ1) is 14.1. The van der Waals surface area contributed by atoms with Crippen molar-refractivity contribution in [2.24, 2.45) is 0 Å². The average molecular weight is 433 g/mol. The van der Waals surface area contributed by atoms with E-state index in [1.54, 1.807) is 21.9 Å². The van der Waals surface area contributed by atoms with Crippen LogP contribution in [0.25, 0.3) is 0 Å². The van der Waals surface area contributed by atoms with Crippen molar-refractivity contribution in [3.63, 3.8) is 0 Å². The standard InChI is InChI=1S/C20H23N3O6S/c1-30(28,29)21-16-5-3-14(4-6-16)19(26)22-7-2-8-23(10-9-22)20(27)15-11-17(24)13-18(25)12-15/h3-6,11-13,21,24-25H,2,7-10H2,1H3. The van der Waals surface area contributed by atoms with Crippen molar-refractivity contribution in [1.29, 1.82) is 0 Å². The van der Waals surface area contributed by atoms with E-state index in [2.05, 4.69) is 4.72 Å². The van der Waals surface area contributed by atoms with Gasteiger partial charge in [-0.05, 0) is 42.8 Å². The molecule has 0 bridgehead atoms. The number of anilines is 1. The summed E-state index contributed by atoms with van der Waals surface area (Å²) in [6.07, 6.45) is 1.63. The van der Waals surface area contributed by atoms with E-state index in [4.69, 9.17) is 0 Å². The Balaban J connectivity index is 1.65. The van der Waals surface area contributed by atoms with Crippen LogP contribution in [-0.2, 0) is 10.0 Å². The molecular formula is C20H23N3O6S. The Labute approximate surface area is 174 Å². The zero-order chi connectivity index (χ0) is 21.9. The van der Waals surface area contributed by atoms with E-state index in [-0.39, 0.29) is 28.9 Å². The van der Waals surface area contributed by atoms with Gasteiger partial charge in [0, 0.05) is 49.1 Å². The number of hydrogen-bond donors (Lipinski definition) is 3. The normalized spacial score (nSPS) is 14.8. The highest BCUT2D eigenvalue weighted by Crippen LogP contribution is 2.22. The lowest BCUT2D eigenvalue weighted by molar-refractivity contribution is 0.0718. The zero-order valence-corrected chi connectivity index (χ0v) is 17.2. The molecular weight excluding hydrogens is 410 g/mol. The minimum atomic E-state index is -3.39. The first-order valence-electron chi connectivity index (χ1n) is 9.32. The Morgan fingerprint density at radius 3 is 1.83 bits per heavy atom. The number of aromatic hydroxyl groups is 2. The molecule has 3 rings (SSSR count). The summed E-state index contributed by atoms with van der Waals surface area (Å²) in [6, 6.07) is 9.89. The maximum Gasteiger partial charge on any atom is 0.254 e. The van der Waals surface area contributed by atoms with Gasteiger partial charge in [-0.15, -0.1) is 0 Å². The molecule has 0 radical (unpaired) electrons. The quantitative estimate of drug-likeness (QED) is 0.670. The molecule has 1 heterocycles. The summed E-state index contributed by atoms with van der Waals surface area (Å²) >= 11 is 0. The third-order valence-corrected chi connectivity index (χ3v) is 5.26. The van der Waals surface area contributed by atoms with E-state index in [1.807, 2.05) is 0 Å². The number of phenols is 2. The van der Waals surface area contributed by atoms with E-state index in [9.17, 15) is 28.2 Å². The highest BCUT2D eigenvalue weighted by Gasteiger charge is 2.24.